The number of carbonyl (C=O) groups excluding carboxylic acids is 1. The van der Waals surface area contributed by atoms with E-state index in [0.29, 0.717) is 6.29 Å². The molecule has 0 aliphatic heterocycles. The topological polar surface area (TPSA) is 58.6 Å². The Morgan fingerprint density at radius 3 is 2.25 bits per heavy atom. The van der Waals surface area contributed by atoms with Crippen LogP contribution in [0.4, 0.5) is 4.39 Å². The molecule has 0 saturated heterocycles. The highest BCUT2D eigenvalue weighted by Crippen LogP contribution is 2.06. The van der Waals surface area contributed by atoms with Gasteiger partial charge in [-0.2, -0.15) is 0 Å². The van der Waals surface area contributed by atoms with Gasteiger partial charge < -0.3 is 5.11 Å². The van der Waals surface area contributed by atoms with Gasteiger partial charge in [0, 0.05) is 7.05 Å². The highest BCUT2D eigenvalue weighted by molar-refractivity contribution is 5.75. The molecular weight excluding hydrogens is 261 g/mol. The number of aryl methyl sites for hydroxylation is 1. The molecule has 0 saturated carbocycles. The third-order valence-electron chi connectivity index (χ3n) is 2.04. The SMILES string of the molecule is CC.CNOC(C)(C)CO.Cc1ccc(C=O)c(F)c1. The highest BCUT2D eigenvalue weighted by atomic mass is 19.1. The lowest BCUT2D eigenvalue weighted by Crippen LogP contribution is -2.33. The number of rotatable bonds is 4. The van der Waals surface area contributed by atoms with Crippen LogP contribution < -0.4 is 5.48 Å². The van der Waals surface area contributed by atoms with E-state index in [2.05, 4.69) is 5.48 Å². The number of carbonyl (C=O) groups is 1. The van der Waals surface area contributed by atoms with Crippen molar-refractivity contribution in [3.05, 3.63) is 35.1 Å². The summed E-state index contributed by atoms with van der Waals surface area (Å²) in [6.07, 6.45) is 0.509. The van der Waals surface area contributed by atoms with Crippen molar-refractivity contribution in [1.82, 2.24) is 5.48 Å². The third-order valence-corrected chi connectivity index (χ3v) is 2.04. The number of hydrogen-bond donors (Lipinski definition) is 2. The molecule has 0 atom stereocenters. The molecule has 1 aromatic rings. The van der Waals surface area contributed by atoms with Gasteiger partial charge in [-0.15, -0.1) is 0 Å². The maximum Gasteiger partial charge on any atom is 0.152 e. The van der Waals surface area contributed by atoms with Gasteiger partial charge >= 0.3 is 0 Å². The lowest BCUT2D eigenvalue weighted by molar-refractivity contribution is -0.100. The monoisotopic (exact) mass is 287 g/mol. The van der Waals surface area contributed by atoms with Crippen LogP contribution in [0, 0.1) is 12.7 Å². The summed E-state index contributed by atoms with van der Waals surface area (Å²) >= 11 is 0. The first-order valence-electron chi connectivity index (χ1n) is 6.53. The Morgan fingerprint density at radius 1 is 1.40 bits per heavy atom. The van der Waals surface area contributed by atoms with E-state index in [9.17, 15) is 9.18 Å². The van der Waals surface area contributed by atoms with Gasteiger partial charge in [-0.05, 0) is 38.5 Å². The van der Waals surface area contributed by atoms with Crippen LogP contribution in [0.2, 0.25) is 0 Å². The smallest absolute Gasteiger partial charge is 0.152 e. The van der Waals surface area contributed by atoms with Crippen molar-refractivity contribution in [3.8, 4) is 0 Å². The number of halogens is 1. The maximum absolute atomic E-state index is 12.6. The summed E-state index contributed by atoms with van der Waals surface area (Å²) in [4.78, 5) is 15.0. The van der Waals surface area contributed by atoms with E-state index in [1.54, 1.807) is 33.9 Å². The molecule has 4 nitrogen and oxygen atoms in total. The van der Waals surface area contributed by atoms with E-state index in [1.165, 1.54) is 12.1 Å². The molecule has 116 valence electrons. The zero-order valence-electron chi connectivity index (χ0n) is 13.2. The molecule has 0 spiro atoms. The summed E-state index contributed by atoms with van der Waals surface area (Å²) < 4.78 is 12.6. The normalized spacial score (nSPS) is 9.80. The van der Waals surface area contributed by atoms with E-state index < -0.39 is 11.4 Å². The van der Waals surface area contributed by atoms with Crippen molar-refractivity contribution in [2.45, 2.75) is 40.2 Å². The maximum atomic E-state index is 12.6. The Hall–Kier alpha value is -1.30. The minimum Gasteiger partial charge on any atom is -0.393 e. The molecule has 5 heteroatoms. The van der Waals surface area contributed by atoms with Crippen LogP contribution in [-0.2, 0) is 4.84 Å². The van der Waals surface area contributed by atoms with Gasteiger partial charge in [-0.1, -0.05) is 19.9 Å². The summed E-state index contributed by atoms with van der Waals surface area (Å²) in [6, 6.07) is 4.51. The first-order valence-corrected chi connectivity index (χ1v) is 6.53. The minimum absolute atomic E-state index is 0.0217. The second-order valence-corrected chi connectivity index (χ2v) is 4.37. The van der Waals surface area contributed by atoms with Gasteiger partial charge in [0.05, 0.1) is 12.2 Å². The molecule has 0 amide bonds. The molecule has 1 rings (SSSR count). The number of aliphatic hydroxyl groups is 1. The predicted molar refractivity (Wildman–Crippen MR) is 79.2 cm³/mol. The Morgan fingerprint density at radius 2 is 1.95 bits per heavy atom. The van der Waals surface area contributed by atoms with Crippen LogP contribution >= 0.6 is 0 Å². The van der Waals surface area contributed by atoms with E-state index >= 15 is 0 Å². The van der Waals surface area contributed by atoms with Gasteiger partial charge in [0.25, 0.3) is 0 Å². The van der Waals surface area contributed by atoms with Gasteiger partial charge in [-0.3, -0.25) is 9.63 Å². The Balaban J connectivity index is 0. The highest BCUT2D eigenvalue weighted by Gasteiger charge is 2.15. The van der Waals surface area contributed by atoms with Crippen LogP contribution in [-0.4, -0.2) is 30.6 Å². The van der Waals surface area contributed by atoms with Crippen molar-refractivity contribution in [2.75, 3.05) is 13.7 Å². The Labute approximate surface area is 120 Å². The molecule has 0 aliphatic rings. The second kappa shape index (κ2) is 11.5. The summed E-state index contributed by atoms with van der Waals surface area (Å²) in [5, 5.41) is 8.56. The average molecular weight is 287 g/mol. The first kappa shape index (κ1) is 21.0. The first-order chi connectivity index (χ1) is 9.36. The minimum atomic E-state index is -0.464. The zero-order valence-corrected chi connectivity index (χ0v) is 13.2. The number of hydroxylamine groups is 1. The molecule has 0 fully saturated rings. The van der Waals surface area contributed by atoms with Crippen LogP contribution in [0.3, 0.4) is 0 Å². The zero-order chi connectivity index (χ0) is 16.2. The summed E-state index contributed by atoms with van der Waals surface area (Å²) in [5.74, 6) is -0.449. The average Bonchev–Trinajstić information content (AvgIpc) is 2.42. The van der Waals surface area contributed by atoms with Crippen LogP contribution in [0.15, 0.2) is 18.2 Å². The second-order valence-electron chi connectivity index (χ2n) is 4.37. The van der Waals surface area contributed by atoms with E-state index in [4.69, 9.17) is 9.94 Å². The Bertz CT molecular complexity index is 381. The van der Waals surface area contributed by atoms with Gasteiger partial charge in [-0.25, -0.2) is 9.87 Å². The fraction of sp³-hybridized carbons (Fsp3) is 0.533. The molecule has 0 bridgehead atoms. The third kappa shape index (κ3) is 9.61. The molecule has 0 aromatic heterocycles. The Kier molecular flexibility index (Phi) is 12.1. The summed E-state index contributed by atoms with van der Waals surface area (Å²) in [5.41, 5.74) is 2.97. The van der Waals surface area contributed by atoms with Crippen molar-refractivity contribution in [3.63, 3.8) is 0 Å². The van der Waals surface area contributed by atoms with Gasteiger partial charge in [0.2, 0.25) is 0 Å². The van der Waals surface area contributed by atoms with Crippen LogP contribution in [0.5, 0.6) is 0 Å². The molecule has 1 aromatic carbocycles. The largest absolute Gasteiger partial charge is 0.393 e. The standard InChI is InChI=1S/C8H7FO.C5H13NO2.C2H6/c1-6-2-3-7(5-10)8(9)4-6;1-5(2,4-7)8-6-3;1-2/h2-5H,1H3;6-7H,4H2,1-3H3;1-2H3. The number of aldehydes is 1. The van der Waals surface area contributed by atoms with E-state index in [1.807, 2.05) is 13.8 Å². The van der Waals surface area contributed by atoms with E-state index in [-0.39, 0.29) is 12.2 Å². The summed E-state index contributed by atoms with van der Waals surface area (Å²) in [7, 11) is 1.66. The quantitative estimate of drug-likeness (QED) is 0.660. The molecule has 0 unspecified atom stereocenters. The van der Waals surface area contributed by atoms with Crippen molar-refractivity contribution in [2.24, 2.45) is 0 Å². The number of nitrogens with one attached hydrogen (secondary N) is 1. The number of hydrogen-bond acceptors (Lipinski definition) is 4. The van der Waals surface area contributed by atoms with Crippen molar-refractivity contribution in [1.29, 1.82) is 0 Å². The molecule has 20 heavy (non-hydrogen) atoms. The fourth-order valence-electron chi connectivity index (χ4n) is 1.04. The van der Waals surface area contributed by atoms with Crippen molar-refractivity contribution >= 4 is 6.29 Å². The predicted octanol–water partition coefficient (Wildman–Crippen LogP) is 2.88. The fourth-order valence-corrected chi connectivity index (χ4v) is 1.04. The van der Waals surface area contributed by atoms with Gasteiger partial charge in [0.1, 0.15) is 11.4 Å². The number of benzene rings is 1. The number of aliphatic hydroxyl groups excluding tert-OH is 1. The van der Waals surface area contributed by atoms with Crippen LogP contribution in [0.1, 0.15) is 43.6 Å². The van der Waals surface area contributed by atoms with E-state index in [0.717, 1.165) is 5.56 Å². The molecule has 0 radical (unpaired) electrons. The molecular formula is C15H26FNO3. The summed E-state index contributed by atoms with van der Waals surface area (Å²) in [6.45, 7) is 9.39. The molecule has 2 N–H and O–H groups in total. The van der Waals surface area contributed by atoms with Gasteiger partial charge in [0.15, 0.2) is 6.29 Å². The van der Waals surface area contributed by atoms with Crippen molar-refractivity contribution < 1.29 is 19.1 Å². The lowest BCUT2D eigenvalue weighted by atomic mass is 10.1. The molecule has 0 aliphatic carbocycles. The molecule has 0 heterocycles. The lowest BCUT2D eigenvalue weighted by Gasteiger charge is -2.20. The van der Waals surface area contributed by atoms with Crippen LogP contribution in [0.25, 0.3) is 0 Å².